The summed E-state index contributed by atoms with van der Waals surface area (Å²) in [5.74, 6) is 1.56. The third-order valence-electron chi connectivity index (χ3n) is 4.73. The van der Waals surface area contributed by atoms with E-state index >= 15 is 0 Å². The fourth-order valence-electron chi connectivity index (χ4n) is 3.39. The Kier molecular flexibility index (Phi) is 3.56. The van der Waals surface area contributed by atoms with Crippen molar-refractivity contribution in [3.8, 4) is 34.1 Å². The molecule has 1 N–H and O–H groups in total. The van der Waals surface area contributed by atoms with Crippen LogP contribution in [0.4, 0.5) is 0 Å². The van der Waals surface area contributed by atoms with Gasteiger partial charge in [0.05, 0.1) is 24.5 Å². The highest BCUT2D eigenvalue weighted by Gasteiger charge is 2.22. The second-order valence-electron chi connectivity index (χ2n) is 6.84. The summed E-state index contributed by atoms with van der Waals surface area (Å²) in [6.45, 7) is 4.77. The van der Waals surface area contributed by atoms with Gasteiger partial charge in [-0.05, 0) is 31.5 Å². The van der Waals surface area contributed by atoms with Crippen LogP contribution in [0.3, 0.4) is 0 Å². The van der Waals surface area contributed by atoms with Crippen LogP contribution in [0.25, 0.3) is 28.3 Å². The number of rotatable bonds is 3. The van der Waals surface area contributed by atoms with Crippen LogP contribution in [0.1, 0.15) is 25.5 Å². The van der Waals surface area contributed by atoms with Gasteiger partial charge < -0.3 is 4.74 Å². The summed E-state index contributed by atoms with van der Waals surface area (Å²) >= 11 is 0. The second kappa shape index (κ2) is 6.08. The zero-order chi connectivity index (χ0) is 18.4. The van der Waals surface area contributed by atoms with E-state index in [9.17, 15) is 0 Å². The molecule has 0 aliphatic carbocycles. The van der Waals surface area contributed by atoms with Crippen LogP contribution < -0.4 is 4.74 Å². The van der Waals surface area contributed by atoms with Gasteiger partial charge in [0.1, 0.15) is 12.1 Å². The predicted octanol–water partition coefficient (Wildman–Crippen LogP) is 3.04. The molecule has 1 aromatic carbocycles. The van der Waals surface area contributed by atoms with Gasteiger partial charge >= 0.3 is 0 Å². The minimum Gasteiger partial charge on any atom is -0.493 e. The summed E-state index contributed by atoms with van der Waals surface area (Å²) in [4.78, 5) is 4.40. The van der Waals surface area contributed by atoms with Crippen molar-refractivity contribution >= 4 is 0 Å². The first-order valence-corrected chi connectivity index (χ1v) is 8.95. The van der Waals surface area contributed by atoms with Gasteiger partial charge in [-0.3, -0.25) is 5.10 Å². The SMILES string of the molecule is CC(C)n1ncnc1-n1cc2c(n1)-c1cc(-c3cn[nH]c3)ccc1OCC2. The molecular formula is C19H19N7O. The summed E-state index contributed by atoms with van der Waals surface area (Å²) in [6.07, 6.45) is 8.08. The number of fused-ring (bicyclic) bond motifs is 3. The van der Waals surface area contributed by atoms with Gasteiger partial charge in [-0.25, -0.2) is 9.36 Å². The lowest BCUT2D eigenvalue weighted by atomic mass is 10.0. The van der Waals surface area contributed by atoms with Crippen LogP contribution in [-0.4, -0.2) is 41.3 Å². The number of hydrogen-bond acceptors (Lipinski definition) is 5. The Morgan fingerprint density at radius 1 is 1.22 bits per heavy atom. The summed E-state index contributed by atoms with van der Waals surface area (Å²) < 4.78 is 9.63. The van der Waals surface area contributed by atoms with E-state index in [4.69, 9.17) is 9.84 Å². The molecule has 8 nitrogen and oxygen atoms in total. The van der Waals surface area contributed by atoms with E-state index in [1.165, 1.54) is 0 Å². The molecule has 0 saturated heterocycles. The first-order valence-electron chi connectivity index (χ1n) is 8.95. The first-order chi connectivity index (χ1) is 13.2. The van der Waals surface area contributed by atoms with E-state index < -0.39 is 0 Å². The summed E-state index contributed by atoms with van der Waals surface area (Å²) in [7, 11) is 0. The highest BCUT2D eigenvalue weighted by molar-refractivity contribution is 5.77. The van der Waals surface area contributed by atoms with Crippen molar-refractivity contribution in [2.75, 3.05) is 6.61 Å². The first kappa shape index (κ1) is 15.8. The third kappa shape index (κ3) is 2.61. The number of H-pyrrole nitrogens is 1. The maximum atomic E-state index is 5.95. The molecule has 0 saturated carbocycles. The predicted molar refractivity (Wildman–Crippen MR) is 99.7 cm³/mol. The highest BCUT2D eigenvalue weighted by atomic mass is 16.5. The van der Waals surface area contributed by atoms with Gasteiger partial charge in [-0.1, -0.05) is 6.07 Å². The Morgan fingerprint density at radius 3 is 2.96 bits per heavy atom. The lowest BCUT2D eigenvalue weighted by molar-refractivity contribution is 0.326. The number of aromatic amines is 1. The molecule has 0 bridgehead atoms. The van der Waals surface area contributed by atoms with Gasteiger partial charge in [0.15, 0.2) is 0 Å². The molecule has 1 aliphatic heterocycles. The maximum Gasteiger partial charge on any atom is 0.249 e. The minimum absolute atomic E-state index is 0.204. The minimum atomic E-state index is 0.204. The Labute approximate surface area is 155 Å². The van der Waals surface area contributed by atoms with Crippen LogP contribution in [-0.2, 0) is 6.42 Å². The molecule has 136 valence electrons. The Hall–Kier alpha value is -3.42. The second-order valence-corrected chi connectivity index (χ2v) is 6.84. The smallest absolute Gasteiger partial charge is 0.249 e. The molecule has 4 heterocycles. The van der Waals surface area contributed by atoms with Crippen molar-refractivity contribution < 1.29 is 4.74 Å². The molecule has 1 aliphatic rings. The van der Waals surface area contributed by atoms with Crippen LogP contribution in [0.2, 0.25) is 0 Å². The van der Waals surface area contributed by atoms with Crippen LogP contribution in [0.5, 0.6) is 5.75 Å². The fourth-order valence-corrected chi connectivity index (χ4v) is 3.39. The number of nitrogens with one attached hydrogen (secondary N) is 1. The zero-order valence-corrected chi connectivity index (χ0v) is 15.1. The van der Waals surface area contributed by atoms with Crippen molar-refractivity contribution in [3.63, 3.8) is 0 Å². The van der Waals surface area contributed by atoms with Gasteiger partial charge in [-0.2, -0.15) is 20.3 Å². The number of ether oxygens (including phenoxy) is 1. The third-order valence-corrected chi connectivity index (χ3v) is 4.73. The molecule has 27 heavy (non-hydrogen) atoms. The molecule has 8 heteroatoms. The van der Waals surface area contributed by atoms with Crippen LogP contribution >= 0.6 is 0 Å². The topological polar surface area (TPSA) is 86.4 Å². The standard InChI is InChI=1S/C19H19N7O/c1-12(2)26-19(20-11-23-26)25-10-14-5-6-27-17-4-3-13(15-8-21-22-9-15)7-16(17)18(14)24-25/h3-4,7-12H,5-6H2,1-2H3,(H,21,22). The number of hydrogen-bond donors (Lipinski definition) is 1. The molecular weight excluding hydrogens is 342 g/mol. The van der Waals surface area contributed by atoms with Gasteiger partial charge in [0.25, 0.3) is 0 Å². The molecule has 0 atom stereocenters. The van der Waals surface area contributed by atoms with E-state index in [2.05, 4.69) is 40.2 Å². The fraction of sp³-hybridized carbons (Fsp3) is 0.263. The van der Waals surface area contributed by atoms with Crippen molar-refractivity contribution in [2.24, 2.45) is 0 Å². The monoisotopic (exact) mass is 361 g/mol. The summed E-state index contributed by atoms with van der Waals surface area (Å²) in [5, 5.41) is 16.1. The average Bonchev–Trinajstić information content (AvgIpc) is 3.41. The van der Waals surface area contributed by atoms with Crippen molar-refractivity contribution in [1.82, 2.24) is 34.7 Å². The van der Waals surface area contributed by atoms with Gasteiger partial charge in [0.2, 0.25) is 5.95 Å². The molecule has 0 amide bonds. The normalized spacial score (nSPS) is 13.1. The lowest BCUT2D eigenvalue weighted by Crippen LogP contribution is -2.11. The van der Waals surface area contributed by atoms with E-state index in [1.807, 2.05) is 40.1 Å². The van der Waals surface area contributed by atoms with Crippen molar-refractivity contribution in [3.05, 3.63) is 48.7 Å². The Balaban J connectivity index is 1.65. The molecule has 0 fully saturated rings. The largest absolute Gasteiger partial charge is 0.493 e. The number of nitrogens with zero attached hydrogens (tertiary/aromatic N) is 6. The van der Waals surface area contributed by atoms with E-state index in [1.54, 1.807) is 6.33 Å². The molecule has 0 radical (unpaired) electrons. The molecule has 0 unspecified atom stereocenters. The molecule has 5 rings (SSSR count). The number of benzene rings is 1. The van der Waals surface area contributed by atoms with Crippen LogP contribution in [0.15, 0.2) is 43.1 Å². The zero-order valence-electron chi connectivity index (χ0n) is 15.1. The summed E-state index contributed by atoms with van der Waals surface area (Å²) in [5.41, 5.74) is 5.14. The lowest BCUT2D eigenvalue weighted by Gasteiger charge is -2.10. The highest BCUT2D eigenvalue weighted by Crippen LogP contribution is 2.37. The Morgan fingerprint density at radius 2 is 2.15 bits per heavy atom. The molecule has 0 spiro atoms. The Bertz CT molecular complexity index is 1090. The van der Waals surface area contributed by atoms with Crippen LogP contribution in [0, 0.1) is 0 Å². The molecule has 4 aromatic rings. The maximum absolute atomic E-state index is 5.95. The average molecular weight is 361 g/mol. The molecule has 3 aromatic heterocycles. The number of aromatic nitrogens is 7. The van der Waals surface area contributed by atoms with E-state index in [-0.39, 0.29) is 6.04 Å². The van der Waals surface area contributed by atoms with Gasteiger partial charge in [-0.15, -0.1) is 0 Å². The van der Waals surface area contributed by atoms with Crippen molar-refractivity contribution in [2.45, 2.75) is 26.3 Å². The summed E-state index contributed by atoms with van der Waals surface area (Å²) in [6, 6.07) is 6.35. The quantitative estimate of drug-likeness (QED) is 0.606. The van der Waals surface area contributed by atoms with Crippen molar-refractivity contribution in [1.29, 1.82) is 0 Å². The van der Waals surface area contributed by atoms with E-state index in [0.717, 1.165) is 40.1 Å². The van der Waals surface area contributed by atoms with Gasteiger partial charge in [0, 0.05) is 35.5 Å². The van der Waals surface area contributed by atoms with E-state index in [0.29, 0.717) is 12.6 Å².